The highest BCUT2D eigenvalue weighted by atomic mass is 79.9. The molecule has 0 fully saturated rings. The van der Waals surface area contributed by atoms with E-state index in [-0.39, 0.29) is 6.10 Å². The second-order valence-corrected chi connectivity index (χ2v) is 4.90. The third kappa shape index (κ3) is 3.65. The lowest BCUT2D eigenvalue weighted by Gasteiger charge is -2.16. The zero-order valence-corrected chi connectivity index (χ0v) is 13.2. The lowest BCUT2D eigenvalue weighted by atomic mass is 10.2. The maximum absolute atomic E-state index is 5.42. The molecule has 1 heterocycles. The van der Waals surface area contributed by atoms with E-state index in [0.29, 0.717) is 0 Å². The topological polar surface area (TPSA) is 47.0 Å². The third-order valence-electron chi connectivity index (χ3n) is 2.76. The lowest BCUT2D eigenvalue weighted by Crippen LogP contribution is -2.12. The molecular weight excluding hydrogens is 294 g/mol. The molecule has 1 N–H and O–H groups in total. The minimum atomic E-state index is -0.0365. The Balaban J connectivity index is 3.12. The predicted octanol–water partition coefficient (Wildman–Crippen LogP) is 3.72. The molecule has 1 rings (SSSR count). The monoisotopic (exact) mass is 315 g/mol. The normalized spacial score (nSPS) is 12.5. The van der Waals surface area contributed by atoms with Crippen LogP contribution in [0, 0.1) is 0 Å². The SMILES string of the molecule is CCCNc1nc(C(CC)OC)nc(CC)c1Br. The summed E-state index contributed by atoms with van der Waals surface area (Å²) < 4.78 is 6.38. The van der Waals surface area contributed by atoms with Gasteiger partial charge in [-0.2, -0.15) is 0 Å². The number of aromatic nitrogens is 2. The molecule has 0 radical (unpaired) electrons. The van der Waals surface area contributed by atoms with E-state index in [1.807, 2.05) is 0 Å². The smallest absolute Gasteiger partial charge is 0.159 e. The Morgan fingerprint density at radius 1 is 1.28 bits per heavy atom. The first kappa shape index (κ1) is 15.4. The molecule has 1 aromatic rings. The highest BCUT2D eigenvalue weighted by Gasteiger charge is 2.16. The van der Waals surface area contributed by atoms with Crippen LogP contribution in [0.4, 0.5) is 5.82 Å². The molecule has 0 aliphatic carbocycles. The van der Waals surface area contributed by atoms with Crippen molar-refractivity contribution in [2.24, 2.45) is 0 Å². The Labute approximate surface area is 118 Å². The molecule has 102 valence electrons. The average molecular weight is 316 g/mol. The van der Waals surface area contributed by atoms with Gasteiger partial charge in [-0.1, -0.05) is 20.8 Å². The van der Waals surface area contributed by atoms with Gasteiger partial charge in [-0.25, -0.2) is 9.97 Å². The molecule has 1 aromatic heterocycles. The summed E-state index contributed by atoms with van der Waals surface area (Å²) in [5, 5.41) is 3.33. The molecule has 1 unspecified atom stereocenters. The molecule has 0 aliphatic heterocycles. The molecule has 0 spiro atoms. The molecule has 0 aromatic carbocycles. The maximum atomic E-state index is 5.42. The van der Waals surface area contributed by atoms with Gasteiger partial charge in [0.2, 0.25) is 0 Å². The van der Waals surface area contributed by atoms with Crippen LogP contribution in [0.1, 0.15) is 51.2 Å². The van der Waals surface area contributed by atoms with E-state index < -0.39 is 0 Å². The standard InChI is InChI=1S/C13H22BrN3O/c1-5-8-15-13-11(14)9(6-2)16-12(17-13)10(7-3)18-4/h10H,5-8H2,1-4H3,(H,15,16,17). The van der Waals surface area contributed by atoms with Gasteiger partial charge in [0.15, 0.2) is 5.82 Å². The van der Waals surface area contributed by atoms with Crippen LogP contribution in [0.2, 0.25) is 0 Å². The van der Waals surface area contributed by atoms with E-state index >= 15 is 0 Å². The summed E-state index contributed by atoms with van der Waals surface area (Å²) in [6, 6.07) is 0. The Bertz CT molecular complexity index is 381. The number of rotatable bonds is 7. The molecule has 0 aliphatic rings. The fourth-order valence-electron chi connectivity index (χ4n) is 1.71. The molecule has 5 heteroatoms. The fourth-order valence-corrected chi connectivity index (χ4v) is 2.30. The fraction of sp³-hybridized carbons (Fsp3) is 0.692. The van der Waals surface area contributed by atoms with Crippen molar-refractivity contribution in [3.63, 3.8) is 0 Å². The second-order valence-electron chi connectivity index (χ2n) is 4.10. The lowest BCUT2D eigenvalue weighted by molar-refractivity contribution is 0.0925. The van der Waals surface area contributed by atoms with E-state index in [4.69, 9.17) is 4.74 Å². The van der Waals surface area contributed by atoms with Gasteiger partial charge in [0.1, 0.15) is 11.9 Å². The van der Waals surface area contributed by atoms with Crippen LogP contribution in [0.3, 0.4) is 0 Å². The number of nitrogens with zero attached hydrogens (tertiary/aromatic N) is 2. The summed E-state index contributed by atoms with van der Waals surface area (Å²) in [6.07, 6.45) is 2.77. The Morgan fingerprint density at radius 2 is 2.00 bits per heavy atom. The van der Waals surface area contributed by atoms with Crippen LogP contribution in [-0.2, 0) is 11.2 Å². The number of aryl methyl sites for hydroxylation is 1. The van der Waals surface area contributed by atoms with Crippen LogP contribution < -0.4 is 5.32 Å². The zero-order valence-electron chi connectivity index (χ0n) is 11.6. The van der Waals surface area contributed by atoms with Crippen molar-refractivity contribution < 1.29 is 4.74 Å². The number of hydrogen-bond donors (Lipinski definition) is 1. The van der Waals surface area contributed by atoms with Crippen LogP contribution in [0.5, 0.6) is 0 Å². The van der Waals surface area contributed by atoms with Gasteiger partial charge >= 0.3 is 0 Å². The van der Waals surface area contributed by atoms with Crippen LogP contribution in [0.15, 0.2) is 4.47 Å². The van der Waals surface area contributed by atoms with Gasteiger partial charge in [0.25, 0.3) is 0 Å². The number of hydrogen-bond acceptors (Lipinski definition) is 4. The van der Waals surface area contributed by atoms with Gasteiger partial charge in [0, 0.05) is 13.7 Å². The first-order chi connectivity index (χ1) is 8.67. The predicted molar refractivity (Wildman–Crippen MR) is 77.9 cm³/mol. The summed E-state index contributed by atoms with van der Waals surface area (Å²) in [5.41, 5.74) is 1.02. The van der Waals surface area contributed by atoms with Crippen LogP contribution in [-0.4, -0.2) is 23.6 Å². The van der Waals surface area contributed by atoms with Gasteiger partial charge in [-0.15, -0.1) is 0 Å². The zero-order chi connectivity index (χ0) is 13.5. The first-order valence-corrected chi connectivity index (χ1v) is 7.30. The second kappa shape index (κ2) is 7.69. The molecule has 18 heavy (non-hydrogen) atoms. The molecule has 0 bridgehead atoms. The van der Waals surface area contributed by atoms with Crippen molar-refractivity contribution in [3.05, 3.63) is 16.0 Å². The molecular formula is C13H22BrN3O. The number of ether oxygens (including phenoxy) is 1. The Morgan fingerprint density at radius 3 is 2.50 bits per heavy atom. The number of halogens is 1. The maximum Gasteiger partial charge on any atom is 0.159 e. The van der Waals surface area contributed by atoms with E-state index in [9.17, 15) is 0 Å². The number of anilines is 1. The van der Waals surface area contributed by atoms with Gasteiger partial charge in [0.05, 0.1) is 10.2 Å². The molecule has 1 atom stereocenters. The van der Waals surface area contributed by atoms with Crippen LogP contribution >= 0.6 is 15.9 Å². The quantitative estimate of drug-likeness (QED) is 0.833. The van der Waals surface area contributed by atoms with E-state index in [0.717, 1.165) is 47.6 Å². The molecule has 0 saturated heterocycles. The van der Waals surface area contributed by atoms with Crippen molar-refractivity contribution in [2.45, 2.75) is 46.1 Å². The van der Waals surface area contributed by atoms with Crippen LogP contribution in [0.25, 0.3) is 0 Å². The van der Waals surface area contributed by atoms with Gasteiger partial charge < -0.3 is 10.1 Å². The van der Waals surface area contributed by atoms with Crippen molar-refractivity contribution in [1.82, 2.24) is 9.97 Å². The van der Waals surface area contributed by atoms with Crippen molar-refractivity contribution in [2.75, 3.05) is 19.0 Å². The minimum Gasteiger partial charge on any atom is -0.373 e. The highest BCUT2D eigenvalue weighted by molar-refractivity contribution is 9.10. The molecule has 4 nitrogen and oxygen atoms in total. The highest BCUT2D eigenvalue weighted by Crippen LogP contribution is 2.27. The molecule has 0 saturated carbocycles. The number of methoxy groups -OCH3 is 1. The van der Waals surface area contributed by atoms with Crippen molar-refractivity contribution in [3.8, 4) is 0 Å². The van der Waals surface area contributed by atoms with Crippen molar-refractivity contribution >= 4 is 21.7 Å². The first-order valence-electron chi connectivity index (χ1n) is 6.50. The minimum absolute atomic E-state index is 0.0365. The Kier molecular flexibility index (Phi) is 6.57. The largest absolute Gasteiger partial charge is 0.373 e. The average Bonchev–Trinajstić information content (AvgIpc) is 2.40. The summed E-state index contributed by atoms with van der Waals surface area (Å²) in [6.45, 7) is 7.20. The van der Waals surface area contributed by atoms with Gasteiger partial charge in [-0.05, 0) is 35.2 Å². The molecule has 0 amide bonds. The summed E-state index contributed by atoms with van der Waals surface area (Å²) in [7, 11) is 1.70. The van der Waals surface area contributed by atoms with E-state index in [2.05, 4.69) is 52.0 Å². The Hall–Kier alpha value is -0.680. The van der Waals surface area contributed by atoms with E-state index in [1.54, 1.807) is 7.11 Å². The van der Waals surface area contributed by atoms with E-state index in [1.165, 1.54) is 0 Å². The van der Waals surface area contributed by atoms with Crippen molar-refractivity contribution in [1.29, 1.82) is 0 Å². The summed E-state index contributed by atoms with van der Waals surface area (Å²) in [4.78, 5) is 9.14. The van der Waals surface area contributed by atoms with Gasteiger partial charge in [-0.3, -0.25) is 0 Å². The summed E-state index contributed by atoms with van der Waals surface area (Å²) >= 11 is 3.57. The third-order valence-corrected chi connectivity index (χ3v) is 3.59. The number of nitrogens with one attached hydrogen (secondary N) is 1. The summed E-state index contributed by atoms with van der Waals surface area (Å²) in [5.74, 6) is 1.63.